The number of benzene rings is 1. The number of alkyl halides is 3. The Kier molecular flexibility index (Phi) is 7.53. The van der Waals surface area contributed by atoms with Gasteiger partial charge < -0.3 is 15.0 Å². The Morgan fingerprint density at radius 3 is 2.35 bits per heavy atom. The molecule has 0 bridgehead atoms. The summed E-state index contributed by atoms with van der Waals surface area (Å²) in [5.74, 6) is 0.838. The molecule has 1 unspecified atom stereocenters. The minimum atomic E-state index is -4.31. The van der Waals surface area contributed by atoms with E-state index in [1.807, 2.05) is 11.9 Å². The Bertz CT molecular complexity index is 603. The Balaban J connectivity index is 0.00000243. The van der Waals surface area contributed by atoms with Crippen LogP contribution in [0.3, 0.4) is 0 Å². The highest BCUT2D eigenvalue weighted by Crippen LogP contribution is 2.31. The quantitative estimate of drug-likeness (QED) is 0.668. The van der Waals surface area contributed by atoms with Crippen molar-refractivity contribution >= 4 is 29.9 Å². The van der Waals surface area contributed by atoms with Crippen LogP contribution in [0, 0.1) is 0 Å². The predicted molar refractivity (Wildman–Crippen MR) is 105 cm³/mol. The van der Waals surface area contributed by atoms with Gasteiger partial charge in [-0.15, -0.1) is 24.0 Å². The topological polar surface area (TPSA) is 40.1 Å². The van der Waals surface area contributed by atoms with Gasteiger partial charge in [-0.25, -0.2) is 0 Å². The van der Waals surface area contributed by atoms with Crippen LogP contribution in [0.4, 0.5) is 13.2 Å². The van der Waals surface area contributed by atoms with Gasteiger partial charge in [0.2, 0.25) is 0 Å². The zero-order valence-corrected chi connectivity index (χ0v) is 17.0. The van der Waals surface area contributed by atoms with E-state index < -0.39 is 11.7 Å². The maximum absolute atomic E-state index is 12.8. The molecule has 1 aromatic rings. The van der Waals surface area contributed by atoms with Gasteiger partial charge in [0, 0.05) is 33.2 Å². The van der Waals surface area contributed by atoms with Crippen molar-refractivity contribution in [3.05, 3.63) is 35.4 Å². The maximum atomic E-state index is 12.8. The lowest BCUT2D eigenvalue weighted by Crippen LogP contribution is -2.45. The molecule has 1 saturated heterocycles. The molecule has 2 aliphatic rings. The summed E-state index contributed by atoms with van der Waals surface area (Å²) in [7, 11) is 1.97. The summed E-state index contributed by atoms with van der Waals surface area (Å²) in [6.45, 7) is 5.03. The van der Waals surface area contributed by atoms with Gasteiger partial charge in [0.25, 0.3) is 0 Å². The van der Waals surface area contributed by atoms with E-state index in [9.17, 15) is 13.2 Å². The van der Waals surface area contributed by atoms with E-state index in [1.165, 1.54) is 0 Å². The highest BCUT2D eigenvalue weighted by molar-refractivity contribution is 14.0. The van der Waals surface area contributed by atoms with E-state index in [-0.39, 0.29) is 30.0 Å². The number of ether oxygens (including phenoxy) is 1. The normalized spacial score (nSPS) is 19.7. The van der Waals surface area contributed by atoms with Crippen molar-refractivity contribution < 1.29 is 17.9 Å². The first-order valence-corrected chi connectivity index (χ1v) is 8.43. The Hall–Kier alpha value is -1.07. The van der Waals surface area contributed by atoms with Gasteiger partial charge in [-0.05, 0) is 17.7 Å². The molecule has 1 N–H and O–H groups in total. The molecule has 1 aromatic carbocycles. The Morgan fingerprint density at radius 2 is 1.81 bits per heavy atom. The second-order valence-electron chi connectivity index (χ2n) is 6.29. The molecule has 0 radical (unpaired) electrons. The fourth-order valence-corrected chi connectivity index (χ4v) is 3.15. The number of morpholine rings is 1. The molecule has 0 aromatic heterocycles. The summed E-state index contributed by atoms with van der Waals surface area (Å²) in [4.78, 5) is 8.70. The number of rotatable bonds is 4. The van der Waals surface area contributed by atoms with Crippen molar-refractivity contribution in [1.82, 2.24) is 15.1 Å². The molecule has 2 aliphatic heterocycles. The van der Waals surface area contributed by atoms with Gasteiger partial charge >= 0.3 is 6.18 Å². The molecule has 0 amide bonds. The molecule has 26 heavy (non-hydrogen) atoms. The van der Waals surface area contributed by atoms with Crippen LogP contribution in [-0.2, 0) is 10.9 Å². The molecule has 0 aliphatic carbocycles. The van der Waals surface area contributed by atoms with Crippen LogP contribution in [0.25, 0.3) is 0 Å². The van der Waals surface area contributed by atoms with Gasteiger partial charge in [0.05, 0.1) is 31.4 Å². The number of nitrogens with zero attached hydrogens (tertiary/aromatic N) is 3. The zero-order valence-electron chi connectivity index (χ0n) is 14.6. The second kappa shape index (κ2) is 9.23. The summed E-state index contributed by atoms with van der Waals surface area (Å²) < 4.78 is 43.8. The summed E-state index contributed by atoms with van der Waals surface area (Å²) in [5.41, 5.74) is 0.244. The van der Waals surface area contributed by atoms with E-state index in [0.29, 0.717) is 19.8 Å². The van der Waals surface area contributed by atoms with E-state index in [1.54, 1.807) is 12.1 Å². The van der Waals surface area contributed by atoms with Crippen LogP contribution in [0.1, 0.15) is 17.2 Å². The molecule has 146 valence electrons. The molecular weight excluding hydrogens is 460 g/mol. The molecular formula is C17H24F3IN4O. The lowest BCUT2D eigenvalue weighted by atomic mass is 10.0. The maximum Gasteiger partial charge on any atom is 0.416 e. The first kappa shape index (κ1) is 21.2. The van der Waals surface area contributed by atoms with E-state index in [0.717, 1.165) is 49.8 Å². The number of aliphatic imine (C=N–C) groups is 1. The Morgan fingerprint density at radius 1 is 1.15 bits per heavy atom. The molecule has 1 fully saturated rings. The number of nitrogens with one attached hydrogen (secondary N) is 1. The SMILES string of the molecule is CN1CCN=C1NCC(c1ccc(C(F)(F)F)cc1)N1CCOCC1.I. The first-order valence-electron chi connectivity index (χ1n) is 8.43. The third kappa shape index (κ3) is 5.23. The highest BCUT2D eigenvalue weighted by atomic mass is 127. The summed E-state index contributed by atoms with van der Waals surface area (Å²) in [6.07, 6.45) is -4.31. The van der Waals surface area contributed by atoms with Crippen LogP contribution < -0.4 is 5.32 Å². The minimum absolute atomic E-state index is 0. The lowest BCUT2D eigenvalue weighted by molar-refractivity contribution is -0.137. The van der Waals surface area contributed by atoms with Crippen molar-refractivity contribution in [1.29, 1.82) is 0 Å². The lowest BCUT2D eigenvalue weighted by Gasteiger charge is -2.35. The zero-order chi connectivity index (χ0) is 17.9. The Labute approximate surface area is 168 Å². The molecule has 0 saturated carbocycles. The summed E-state index contributed by atoms with van der Waals surface area (Å²) in [5, 5.41) is 3.34. The molecule has 9 heteroatoms. The highest BCUT2D eigenvalue weighted by Gasteiger charge is 2.31. The molecule has 3 rings (SSSR count). The van der Waals surface area contributed by atoms with Crippen LogP contribution in [-0.4, -0.2) is 68.7 Å². The predicted octanol–water partition coefficient (Wildman–Crippen LogP) is 2.59. The van der Waals surface area contributed by atoms with Crippen molar-refractivity contribution in [2.24, 2.45) is 4.99 Å². The van der Waals surface area contributed by atoms with Gasteiger partial charge in [-0.1, -0.05) is 12.1 Å². The van der Waals surface area contributed by atoms with E-state index >= 15 is 0 Å². The fourth-order valence-electron chi connectivity index (χ4n) is 3.15. The molecule has 5 nitrogen and oxygen atoms in total. The number of guanidine groups is 1. The minimum Gasteiger partial charge on any atom is -0.379 e. The third-order valence-electron chi connectivity index (χ3n) is 4.62. The first-order chi connectivity index (χ1) is 11.9. The third-order valence-corrected chi connectivity index (χ3v) is 4.62. The standard InChI is InChI=1S/C17H23F3N4O.HI/c1-23-7-6-21-16(23)22-12-15(24-8-10-25-11-9-24)13-2-4-14(5-3-13)17(18,19)20;/h2-5,15H,6-12H2,1H3,(H,21,22);1H. The van der Waals surface area contributed by atoms with Crippen LogP contribution in [0.5, 0.6) is 0 Å². The molecule has 1 atom stereocenters. The molecule has 2 heterocycles. The van der Waals surface area contributed by atoms with Gasteiger partial charge in [-0.2, -0.15) is 13.2 Å². The number of halogens is 4. The largest absolute Gasteiger partial charge is 0.416 e. The van der Waals surface area contributed by atoms with E-state index in [4.69, 9.17) is 4.74 Å². The fraction of sp³-hybridized carbons (Fsp3) is 0.588. The van der Waals surface area contributed by atoms with E-state index in [2.05, 4.69) is 15.2 Å². The van der Waals surface area contributed by atoms with Crippen molar-refractivity contribution in [2.75, 3.05) is 53.0 Å². The summed E-state index contributed by atoms with van der Waals surface area (Å²) in [6, 6.07) is 5.43. The average Bonchev–Trinajstić information content (AvgIpc) is 3.01. The van der Waals surface area contributed by atoms with Gasteiger partial charge in [0.15, 0.2) is 5.96 Å². The monoisotopic (exact) mass is 484 g/mol. The van der Waals surface area contributed by atoms with Crippen molar-refractivity contribution in [2.45, 2.75) is 12.2 Å². The van der Waals surface area contributed by atoms with Crippen LogP contribution >= 0.6 is 24.0 Å². The van der Waals surface area contributed by atoms with Crippen molar-refractivity contribution in [3.8, 4) is 0 Å². The van der Waals surface area contributed by atoms with Gasteiger partial charge in [0.1, 0.15) is 0 Å². The number of hydrogen-bond acceptors (Lipinski definition) is 5. The smallest absolute Gasteiger partial charge is 0.379 e. The summed E-state index contributed by atoms with van der Waals surface area (Å²) >= 11 is 0. The van der Waals surface area contributed by atoms with Crippen LogP contribution in [0.15, 0.2) is 29.3 Å². The number of hydrogen-bond donors (Lipinski definition) is 1. The number of likely N-dealkylation sites (N-methyl/N-ethyl adjacent to an activating group) is 1. The van der Waals surface area contributed by atoms with Gasteiger partial charge in [-0.3, -0.25) is 9.89 Å². The van der Waals surface area contributed by atoms with Crippen molar-refractivity contribution in [3.63, 3.8) is 0 Å². The molecule has 0 spiro atoms. The second-order valence-corrected chi connectivity index (χ2v) is 6.29. The average molecular weight is 484 g/mol. The van der Waals surface area contributed by atoms with Crippen LogP contribution in [0.2, 0.25) is 0 Å².